The summed E-state index contributed by atoms with van der Waals surface area (Å²) in [6.45, 7) is 7.95. The van der Waals surface area contributed by atoms with Gasteiger partial charge in [-0.3, -0.25) is 4.79 Å². The van der Waals surface area contributed by atoms with E-state index in [4.69, 9.17) is 4.42 Å². The summed E-state index contributed by atoms with van der Waals surface area (Å²) in [5, 5.41) is 2.98. The van der Waals surface area contributed by atoms with Crippen LogP contribution >= 0.6 is 0 Å². The van der Waals surface area contributed by atoms with E-state index in [1.165, 1.54) is 38.8 Å². The number of hydrogen-bond donors (Lipinski definition) is 1. The number of likely N-dealkylation sites (tertiary alicyclic amines) is 1. The van der Waals surface area contributed by atoms with Gasteiger partial charge >= 0.3 is 0 Å². The molecule has 0 atom stereocenters. The average Bonchev–Trinajstić information content (AvgIpc) is 2.64. The third-order valence-electron chi connectivity index (χ3n) is 3.92. The number of carbonyl (C=O) groups is 1. The molecule has 0 spiro atoms. The molecule has 1 saturated heterocycles. The standard InChI is InChI=1S/C16H26N2O2/c1-13-12-15(14(2)20-13)16(19)17-8-7-11-18-9-5-3-4-6-10-18/h12H,3-11H2,1-2H3,(H,17,19). The van der Waals surface area contributed by atoms with E-state index in [9.17, 15) is 4.79 Å². The lowest BCUT2D eigenvalue weighted by Gasteiger charge is -2.19. The summed E-state index contributed by atoms with van der Waals surface area (Å²) in [6.07, 6.45) is 6.39. The van der Waals surface area contributed by atoms with Crippen LogP contribution in [0.5, 0.6) is 0 Å². The predicted molar refractivity (Wildman–Crippen MR) is 80.0 cm³/mol. The molecular weight excluding hydrogens is 252 g/mol. The van der Waals surface area contributed by atoms with Crippen molar-refractivity contribution >= 4 is 5.91 Å². The fourth-order valence-electron chi connectivity index (χ4n) is 2.82. The van der Waals surface area contributed by atoms with E-state index in [1.807, 2.05) is 13.8 Å². The van der Waals surface area contributed by atoms with Gasteiger partial charge < -0.3 is 14.6 Å². The second-order valence-corrected chi connectivity index (χ2v) is 5.69. The number of aryl methyl sites for hydroxylation is 2. The smallest absolute Gasteiger partial charge is 0.254 e. The highest BCUT2D eigenvalue weighted by Gasteiger charge is 2.13. The van der Waals surface area contributed by atoms with E-state index in [-0.39, 0.29) is 5.91 Å². The quantitative estimate of drug-likeness (QED) is 0.842. The fraction of sp³-hybridized carbons (Fsp3) is 0.688. The zero-order chi connectivity index (χ0) is 14.4. The molecule has 1 N–H and O–H groups in total. The van der Waals surface area contributed by atoms with Gasteiger partial charge in [-0.05, 0) is 58.8 Å². The maximum atomic E-state index is 12.0. The van der Waals surface area contributed by atoms with Crippen molar-refractivity contribution in [1.82, 2.24) is 10.2 Å². The number of nitrogens with one attached hydrogen (secondary N) is 1. The first-order valence-electron chi connectivity index (χ1n) is 7.74. The molecule has 2 heterocycles. The van der Waals surface area contributed by atoms with Gasteiger partial charge in [0.2, 0.25) is 0 Å². The van der Waals surface area contributed by atoms with E-state index in [1.54, 1.807) is 6.07 Å². The minimum atomic E-state index is -0.0183. The number of nitrogens with zero attached hydrogens (tertiary/aromatic N) is 1. The summed E-state index contributed by atoms with van der Waals surface area (Å²) < 4.78 is 5.38. The SMILES string of the molecule is Cc1cc(C(=O)NCCCN2CCCCCC2)c(C)o1. The first-order valence-corrected chi connectivity index (χ1v) is 7.74. The van der Waals surface area contributed by atoms with Crippen LogP contribution in [0.25, 0.3) is 0 Å². The molecule has 0 unspecified atom stereocenters. The molecule has 1 aromatic rings. The van der Waals surface area contributed by atoms with Gasteiger partial charge in [0.05, 0.1) is 5.56 Å². The normalized spacial score (nSPS) is 16.9. The van der Waals surface area contributed by atoms with Gasteiger partial charge in [0.25, 0.3) is 5.91 Å². The predicted octanol–water partition coefficient (Wildman–Crippen LogP) is 2.89. The van der Waals surface area contributed by atoms with Gasteiger partial charge in [0.1, 0.15) is 11.5 Å². The maximum absolute atomic E-state index is 12.0. The highest BCUT2D eigenvalue weighted by atomic mass is 16.3. The topological polar surface area (TPSA) is 45.5 Å². The third kappa shape index (κ3) is 4.37. The van der Waals surface area contributed by atoms with Crippen LogP contribution in [-0.2, 0) is 0 Å². The first-order chi connectivity index (χ1) is 9.66. The monoisotopic (exact) mass is 278 g/mol. The summed E-state index contributed by atoms with van der Waals surface area (Å²) in [7, 11) is 0. The van der Waals surface area contributed by atoms with Gasteiger partial charge in [-0.25, -0.2) is 0 Å². The Morgan fingerprint density at radius 3 is 2.55 bits per heavy atom. The second kappa shape index (κ2) is 7.48. The summed E-state index contributed by atoms with van der Waals surface area (Å²) >= 11 is 0. The minimum absolute atomic E-state index is 0.0183. The molecule has 1 fully saturated rings. The highest BCUT2D eigenvalue weighted by Crippen LogP contribution is 2.13. The Kier molecular flexibility index (Phi) is 5.65. The fourth-order valence-corrected chi connectivity index (χ4v) is 2.82. The molecule has 2 rings (SSSR count). The molecule has 0 aromatic carbocycles. The zero-order valence-corrected chi connectivity index (χ0v) is 12.7. The van der Waals surface area contributed by atoms with E-state index < -0.39 is 0 Å². The first kappa shape index (κ1) is 15.1. The summed E-state index contributed by atoms with van der Waals surface area (Å²) in [5.41, 5.74) is 0.664. The minimum Gasteiger partial charge on any atom is -0.466 e. The van der Waals surface area contributed by atoms with Crippen molar-refractivity contribution in [1.29, 1.82) is 0 Å². The Balaban J connectivity index is 1.67. The Morgan fingerprint density at radius 2 is 1.95 bits per heavy atom. The van der Waals surface area contributed by atoms with Gasteiger partial charge in [-0.15, -0.1) is 0 Å². The van der Waals surface area contributed by atoms with Crippen molar-refractivity contribution in [2.24, 2.45) is 0 Å². The van der Waals surface area contributed by atoms with Gasteiger partial charge in [0.15, 0.2) is 0 Å². The second-order valence-electron chi connectivity index (χ2n) is 5.69. The van der Waals surface area contributed by atoms with Crippen molar-refractivity contribution in [2.45, 2.75) is 46.0 Å². The number of rotatable bonds is 5. The number of hydrogen-bond acceptors (Lipinski definition) is 3. The average molecular weight is 278 g/mol. The van der Waals surface area contributed by atoms with Crippen LogP contribution in [-0.4, -0.2) is 37.0 Å². The van der Waals surface area contributed by atoms with Crippen molar-refractivity contribution in [3.63, 3.8) is 0 Å². The number of furan rings is 1. The molecule has 1 aliphatic heterocycles. The molecule has 4 heteroatoms. The van der Waals surface area contributed by atoms with E-state index in [0.717, 1.165) is 25.3 Å². The third-order valence-corrected chi connectivity index (χ3v) is 3.92. The van der Waals surface area contributed by atoms with Crippen LogP contribution in [0.4, 0.5) is 0 Å². The lowest BCUT2D eigenvalue weighted by molar-refractivity contribution is 0.0950. The Morgan fingerprint density at radius 1 is 1.25 bits per heavy atom. The molecule has 4 nitrogen and oxygen atoms in total. The molecule has 112 valence electrons. The van der Waals surface area contributed by atoms with Crippen LogP contribution in [0.15, 0.2) is 10.5 Å². The van der Waals surface area contributed by atoms with E-state index in [0.29, 0.717) is 11.3 Å². The molecule has 1 amide bonds. The van der Waals surface area contributed by atoms with Crippen molar-refractivity contribution in [3.05, 3.63) is 23.2 Å². The Hall–Kier alpha value is -1.29. The summed E-state index contributed by atoms with van der Waals surface area (Å²) in [6, 6.07) is 1.81. The van der Waals surface area contributed by atoms with Crippen molar-refractivity contribution in [2.75, 3.05) is 26.2 Å². The van der Waals surface area contributed by atoms with Gasteiger partial charge in [-0.2, -0.15) is 0 Å². The molecule has 1 aromatic heterocycles. The molecule has 0 saturated carbocycles. The van der Waals surface area contributed by atoms with Gasteiger partial charge in [-0.1, -0.05) is 12.8 Å². The van der Waals surface area contributed by atoms with Crippen LogP contribution < -0.4 is 5.32 Å². The molecular formula is C16H26N2O2. The van der Waals surface area contributed by atoms with Crippen LogP contribution in [0.1, 0.15) is 54.0 Å². The lowest BCUT2D eigenvalue weighted by Crippen LogP contribution is -2.30. The van der Waals surface area contributed by atoms with Gasteiger partial charge in [0, 0.05) is 6.54 Å². The van der Waals surface area contributed by atoms with Crippen LogP contribution in [0, 0.1) is 13.8 Å². The number of amides is 1. The van der Waals surface area contributed by atoms with E-state index in [2.05, 4.69) is 10.2 Å². The largest absolute Gasteiger partial charge is 0.466 e. The Bertz CT molecular complexity index is 432. The Labute approximate surface area is 121 Å². The number of carbonyl (C=O) groups excluding carboxylic acids is 1. The lowest BCUT2D eigenvalue weighted by atomic mass is 10.2. The molecule has 1 aliphatic rings. The van der Waals surface area contributed by atoms with Crippen LogP contribution in [0.3, 0.4) is 0 Å². The zero-order valence-electron chi connectivity index (χ0n) is 12.7. The molecule has 0 bridgehead atoms. The molecule has 20 heavy (non-hydrogen) atoms. The van der Waals surface area contributed by atoms with Crippen LogP contribution in [0.2, 0.25) is 0 Å². The summed E-state index contributed by atoms with van der Waals surface area (Å²) in [5.74, 6) is 1.47. The summed E-state index contributed by atoms with van der Waals surface area (Å²) in [4.78, 5) is 14.5. The van der Waals surface area contributed by atoms with E-state index >= 15 is 0 Å². The molecule has 0 aliphatic carbocycles. The van der Waals surface area contributed by atoms with Crippen molar-refractivity contribution in [3.8, 4) is 0 Å². The highest BCUT2D eigenvalue weighted by molar-refractivity contribution is 5.95. The van der Waals surface area contributed by atoms with Crippen molar-refractivity contribution < 1.29 is 9.21 Å². The maximum Gasteiger partial charge on any atom is 0.254 e. The molecule has 0 radical (unpaired) electrons.